The fourth-order valence-electron chi connectivity index (χ4n) is 2.81. The van der Waals surface area contributed by atoms with Crippen molar-refractivity contribution in [2.75, 3.05) is 18.4 Å². The van der Waals surface area contributed by atoms with Gasteiger partial charge in [-0.15, -0.1) is 0 Å². The third kappa shape index (κ3) is 3.88. The highest BCUT2D eigenvalue weighted by Crippen LogP contribution is 2.13. The first-order valence-corrected chi connectivity index (χ1v) is 8.39. The maximum absolute atomic E-state index is 12.5. The molecule has 24 heavy (non-hydrogen) atoms. The third-order valence-corrected chi connectivity index (χ3v) is 4.14. The molecule has 128 valence electrons. The van der Waals surface area contributed by atoms with Gasteiger partial charge in [0.05, 0.1) is 5.69 Å². The van der Waals surface area contributed by atoms with Gasteiger partial charge in [-0.25, -0.2) is 0 Å². The number of anilines is 1. The summed E-state index contributed by atoms with van der Waals surface area (Å²) in [6.45, 7) is 3.81. The summed E-state index contributed by atoms with van der Waals surface area (Å²) < 4.78 is 1.60. The number of piperidine rings is 1. The van der Waals surface area contributed by atoms with Crippen molar-refractivity contribution in [3.8, 4) is 5.69 Å². The zero-order valence-electron chi connectivity index (χ0n) is 13.8. The summed E-state index contributed by atoms with van der Waals surface area (Å²) in [6.07, 6.45) is 2.74. The zero-order chi connectivity index (χ0) is 16.8. The fourth-order valence-corrected chi connectivity index (χ4v) is 2.81. The van der Waals surface area contributed by atoms with Crippen molar-refractivity contribution >= 4 is 11.9 Å². The molecule has 1 amide bonds. The van der Waals surface area contributed by atoms with Crippen LogP contribution in [0.3, 0.4) is 0 Å². The van der Waals surface area contributed by atoms with Crippen LogP contribution in [0.2, 0.25) is 0 Å². The predicted octanol–water partition coefficient (Wildman–Crippen LogP) is 0.721. The number of benzene rings is 1. The highest BCUT2D eigenvalue weighted by molar-refractivity contribution is 5.84. The van der Waals surface area contributed by atoms with Gasteiger partial charge in [-0.2, -0.15) is 4.68 Å². The second kappa shape index (κ2) is 7.87. The molecule has 0 radical (unpaired) electrons. The highest BCUT2D eigenvalue weighted by atomic mass is 16.2. The zero-order valence-corrected chi connectivity index (χ0v) is 13.8. The molecular formula is C16H23N7O. The van der Waals surface area contributed by atoms with E-state index in [4.69, 9.17) is 0 Å². The Morgan fingerprint density at radius 3 is 2.96 bits per heavy atom. The number of nitrogens with zero attached hydrogens (tertiary/aromatic N) is 4. The summed E-state index contributed by atoms with van der Waals surface area (Å²) in [4.78, 5) is 12.5. The van der Waals surface area contributed by atoms with E-state index in [0.717, 1.165) is 31.6 Å². The highest BCUT2D eigenvalue weighted by Gasteiger charge is 2.23. The van der Waals surface area contributed by atoms with Gasteiger partial charge in [0, 0.05) is 12.6 Å². The monoisotopic (exact) mass is 329 g/mol. The molecule has 1 aliphatic heterocycles. The normalized spacial score (nSPS) is 18.8. The first-order valence-electron chi connectivity index (χ1n) is 8.39. The van der Waals surface area contributed by atoms with Gasteiger partial charge >= 0.3 is 0 Å². The molecule has 0 saturated carbocycles. The van der Waals surface area contributed by atoms with E-state index in [1.807, 2.05) is 37.3 Å². The first-order chi connectivity index (χ1) is 11.8. The molecule has 3 rings (SSSR count). The van der Waals surface area contributed by atoms with Gasteiger partial charge < -0.3 is 16.0 Å². The lowest BCUT2D eigenvalue weighted by Crippen LogP contribution is -2.50. The van der Waals surface area contributed by atoms with Gasteiger partial charge in [0.25, 0.3) is 0 Å². The maximum Gasteiger partial charge on any atom is 0.248 e. The van der Waals surface area contributed by atoms with E-state index in [9.17, 15) is 4.79 Å². The molecule has 2 atom stereocenters. The molecule has 8 nitrogen and oxygen atoms in total. The van der Waals surface area contributed by atoms with Crippen molar-refractivity contribution in [1.29, 1.82) is 0 Å². The number of rotatable bonds is 6. The van der Waals surface area contributed by atoms with Gasteiger partial charge in [0.15, 0.2) is 0 Å². The molecule has 2 heterocycles. The number of carbonyl (C=O) groups excluding carboxylic acids is 1. The summed E-state index contributed by atoms with van der Waals surface area (Å²) >= 11 is 0. The Morgan fingerprint density at radius 2 is 2.25 bits per heavy atom. The van der Waals surface area contributed by atoms with E-state index >= 15 is 0 Å². The summed E-state index contributed by atoms with van der Waals surface area (Å²) in [5, 5.41) is 21.3. The Morgan fingerprint density at radius 1 is 1.42 bits per heavy atom. The minimum Gasteiger partial charge on any atom is -0.350 e. The molecule has 2 unspecified atom stereocenters. The Bertz CT molecular complexity index is 651. The van der Waals surface area contributed by atoms with Crippen LogP contribution >= 0.6 is 0 Å². The Labute approximate surface area is 141 Å². The molecule has 1 aliphatic rings. The number of carbonyl (C=O) groups is 1. The number of aromatic nitrogens is 4. The summed E-state index contributed by atoms with van der Waals surface area (Å²) in [5.41, 5.74) is 0.844. The van der Waals surface area contributed by atoms with Crippen molar-refractivity contribution in [2.24, 2.45) is 0 Å². The van der Waals surface area contributed by atoms with Crippen molar-refractivity contribution in [3.63, 3.8) is 0 Å². The smallest absolute Gasteiger partial charge is 0.248 e. The molecule has 2 aromatic rings. The standard InChI is InChI=1S/C16H23N7O/c1-2-14(15(24)18-12-7-6-10-17-11-12)19-16-20-21-22-23(16)13-8-4-3-5-9-13/h3-5,8-9,12,14,17H,2,6-7,10-11H2,1H3,(H,18,24)(H,19,20,22). The van der Waals surface area contributed by atoms with Crippen LogP contribution in [0.5, 0.6) is 0 Å². The van der Waals surface area contributed by atoms with Gasteiger partial charge in [0.1, 0.15) is 6.04 Å². The molecule has 3 N–H and O–H groups in total. The van der Waals surface area contributed by atoms with Crippen molar-refractivity contribution < 1.29 is 4.79 Å². The van der Waals surface area contributed by atoms with Crippen molar-refractivity contribution in [3.05, 3.63) is 30.3 Å². The van der Waals surface area contributed by atoms with E-state index < -0.39 is 0 Å². The Kier molecular flexibility index (Phi) is 5.37. The molecule has 1 fully saturated rings. The van der Waals surface area contributed by atoms with Crippen molar-refractivity contribution in [1.82, 2.24) is 30.8 Å². The Balaban J connectivity index is 1.67. The van der Waals surface area contributed by atoms with Crippen LogP contribution < -0.4 is 16.0 Å². The molecule has 1 aromatic carbocycles. The average molecular weight is 329 g/mol. The van der Waals surface area contributed by atoms with Crippen LogP contribution in [0.25, 0.3) is 5.69 Å². The van der Waals surface area contributed by atoms with Gasteiger partial charge in [0.2, 0.25) is 11.9 Å². The number of hydrogen-bond acceptors (Lipinski definition) is 6. The number of amides is 1. The summed E-state index contributed by atoms with van der Waals surface area (Å²) in [7, 11) is 0. The summed E-state index contributed by atoms with van der Waals surface area (Å²) in [6, 6.07) is 9.41. The molecule has 8 heteroatoms. The van der Waals surface area contributed by atoms with Crippen LogP contribution in [0, 0.1) is 0 Å². The van der Waals surface area contributed by atoms with Gasteiger partial charge in [-0.05, 0) is 48.4 Å². The van der Waals surface area contributed by atoms with E-state index in [1.54, 1.807) is 4.68 Å². The molecular weight excluding hydrogens is 306 g/mol. The van der Waals surface area contributed by atoms with Crippen LogP contribution in [-0.2, 0) is 4.79 Å². The van der Waals surface area contributed by atoms with Crippen LogP contribution in [0.15, 0.2) is 30.3 Å². The van der Waals surface area contributed by atoms with Crippen LogP contribution in [-0.4, -0.2) is 51.3 Å². The SMILES string of the molecule is CCC(Nc1nnnn1-c1ccccc1)C(=O)NC1CCCNC1. The maximum atomic E-state index is 12.5. The third-order valence-electron chi connectivity index (χ3n) is 4.14. The fraction of sp³-hybridized carbons (Fsp3) is 0.500. The van der Waals surface area contributed by atoms with E-state index in [0.29, 0.717) is 12.4 Å². The lowest BCUT2D eigenvalue weighted by molar-refractivity contribution is -0.122. The molecule has 0 aliphatic carbocycles. The number of nitrogens with one attached hydrogen (secondary N) is 3. The lowest BCUT2D eigenvalue weighted by Gasteiger charge is -2.26. The number of hydrogen-bond donors (Lipinski definition) is 3. The molecule has 0 spiro atoms. The number of para-hydroxylation sites is 1. The van der Waals surface area contributed by atoms with Crippen molar-refractivity contribution in [2.45, 2.75) is 38.3 Å². The van der Waals surface area contributed by atoms with E-state index in [1.165, 1.54) is 0 Å². The van der Waals surface area contributed by atoms with Gasteiger partial charge in [-0.1, -0.05) is 30.2 Å². The molecule has 1 aromatic heterocycles. The second-order valence-corrected chi connectivity index (χ2v) is 5.91. The minimum atomic E-state index is -0.375. The van der Waals surface area contributed by atoms with Crippen LogP contribution in [0.1, 0.15) is 26.2 Å². The molecule has 1 saturated heterocycles. The second-order valence-electron chi connectivity index (χ2n) is 5.91. The number of tetrazole rings is 1. The first kappa shape index (κ1) is 16.4. The molecule has 0 bridgehead atoms. The van der Waals surface area contributed by atoms with E-state index in [-0.39, 0.29) is 18.0 Å². The largest absolute Gasteiger partial charge is 0.350 e. The Hall–Kier alpha value is -2.48. The average Bonchev–Trinajstić information content (AvgIpc) is 3.09. The summed E-state index contributed by atoms with van der Waals surface area (Å²) in [5.74, 6) is 0.443. The predicted molar refractivity (Wildman–Crippen MR) is 90.9 cm³/mol. The van der Waals surface area contributed by atoms with Crippen LogP contribution in [0.4, 0.5) is 5.95 Å². The van der Waals surface area contributed by atoms with E-state index in [2.05, 4.69) is 31.5 Å². The topological polar surface area (TPSA) is 96.8 Å². The quantitative estimate of drug-likeness (QED) is 0.723. The van der Waals surface area contributed by atoms with Gasteiger partial charge in [-0.3, -0.25) is 4.79 Å². The lowest BCUT2D eigenvalue weighted by atomic mass is 10.1. The minimum absolute atomic E-state index is 0.0196.